The summed E-state index contributed by atoms with van der Waals surface area (Å²) in [5.41, 5.74) is -0.530. The van der Waals surface area contributed by atoms with Crippen LogP contribution in [0.15, 0.2) is 12.1 Å². The van der Waals surface area contributed by atoms with Crippen molar-refractivity contribution in [2.24, 2.45) is 0 Å². The van der Waals surface area contributed by atoms with E-state index in [1.54, 1.807) is 0 Å². The first-order chi connectivity index (χ1) is 9.40. The van der Waals surface area contributed by atoms with E-state index in [1.165, 1.54) is 12.0 Å². The summed E-state index contributed by atoms with van der Waals surface area (Å²) in [6.45, 7) is 1.73. The second-order valence-corrected chi connectivity index (χ2v) is 4.05. The number of hydrogen-bond donors (Lipinski definition) is 1. The third-order valence-electron chi connectivity index (χ3n) is 2.61. The van der Waals surface area contributed by atoms with Crippen LogP contribution in [0, 0.1) is 15.9 Å². The van der Waals surface area contributed by atoms with Crippen molar-refractivity contribution in [2.45, 2.75) is 13.3 Å². The molecule has 0 aromatic heterocycles. The molecule has 0 aliphatic rings. The van der Waals surface area contributed by atoms with Crippen molar-refractivity contribution in [3.05, 3.63) is 28.1 Å². The number of nitro benzene ring substituents is 1. The largest absolute Gasteiger partial charge is 0.490 e. The Bertz CT molecular complexity index is 521. The summed E-state index contributed by atoms with van der Waals surface area (Å²) in [5.74, 6) is -2.08. The first-order valence-corrected chi connectivity index (χ1v) is 5.89. The number of anilines is 1. The fourth-order valence-electron chi connectivity index (χ4n) is 1.80. The molecule has 7 nitrogen and oxygen atoms in total. The second kappa shape index (κ2) is 6.69. The highest BCUT2D eigenvalue weighted by molar-refractivity contribution is 5.74. The number of aliphatic carboxylic acids is 1. The minimum Gasteiger partial charge on any atom is -0.490 e. The summed E-state index contributed by atoms with van der Waals surface area (Å²) < 4.78 is 18.8. The lowest BCUT2D eigenvalue weighted by atomic mass is 10.2. The maximum atomic E-state index is 14.0. The maximum Gasteiger partial charge on any atom is 0.323 e. The Balaban J connectivity index is 3.27. The molecule has 1 rings (SSSR count). The number of benzene rings is 1. The van der Waals surface area contributed by atoms with Gasteiger partial charge < -0.3 is 14.7 Å². The first-order valence-electron chi connectivity index (χ1n) is 5.89. The number of methoxy groups -OCH3 is 1. The van der Waals surface area contributed by atoms with E-state index < -0.39 is 28.9 Å². The molecule has 0 amide bonds. The highest BCUT2D eigenvalue weighted by atomic mass is 19.1. The van der Waals surface area contributed by atoms with E-state index in [0.29, 0.717) is 13.0 Å². The van der Waals surface area contributed by atoms with Gasteiger partial charge in [0.25, 0.3) is 0 Å². The van der Waals surface area contributed by atoms with Gasteiger partial charge >= 0.3 is 11.7 Å². The van der Waals surface area contributed by atoms with E-state index in [0.717, 1.165) is 12.1 Å². The van der Waals surface area contributed by atoms with Crippen LogP contribution < -0.4 is 9.64 Å². The van der Waals surface area contributed by atoms with Gasteiger partial charge in [0.15, 0.2) is 11.6 Å². The molecule has 1 N–H and O–H groups in total. The molecule has 0 saturated carbocycles. The normalized spacial score (nSPS) is 10.2. The number of nitro groups is 1. The van der Waals surface area contributed by atoms with Gasteiger partial charge in [-0.05, 0) is 6.42 Å². The van der Waals surface area contributed by atoms with E-state index in [9.17, 15) is 19.3 Å². The van der Waals surface area contributed by atoms with Crippen LogP contribution in [0.2, 0.25) is 0 Å². The van der Waals surface area contributed by atoms with E-state index in [1.807, 2.05) is 6.92 Å². The third kappa shape index (κ3) is 3.56. The molecule has 0 atom stereocenters. The smallest absolute Gasteiger partial charge is 0.323 e. The van der Waals surface area contributed by atoms with E-state index in [-0.39, 0.29) is 11.4 Å². The summed E-state index contributed by atoms with van der Waals surface area (Å²) in [4.78, 5) is 22.1. The van der Waals surface area contributed by atoms with Crippen LogP contribution in [0.4, 0.5) is 15.8 Å². The zero-order chi connectivity index (χ0) is 15.3. The summed E-state index contributed by atoms with van der Waals surface area (Å²) in [6.07, 6.45) is 0.603. The van der Waals surface area contributed by atoms with Gasteiger partial charge in [0, 0.05) is 12.6 Å². The standard InChI is InChI=1S/C12H15FN2O5/c1-3-4-14(7-12(16)17)9-6-11(20-2)10(15(18)19)5-8(9)13/h5-6H,3-4,7H2,1-2H3,(H,16,17). The van der Waals surface area contributed by atoms with Crippen LogP contribution in [0.25, 0.3) is 0 Å². The van der Waals surface area contributed by atoms with Crippen LogP contribution in [0.1, 0.15) is 13.3 Å². The molecule has 1 aromatic carbocycles. The minimum absolute atomic E-state index is 0.0308. The van der Waals surface area contributed by atoms with Gasteiger partial charge in [-0.1, -0.05) is 6.92 Å². The van der Waals surface area contributed by atoms with Crippen molar-refractivity contribution in [3.63, 3.8) is 0 Å². The van der Waals surface area contributed by atoms with Crippen LogP contribution >= 0.6 is 0 Å². The Hall–Kier alpha value is -2.38. The monoisotopic (exact) mass is 286 g/mol. The minimum atomic E-state index is -1.12. The molecule has 0 aliphatic carbocycles. The van der Waals surface area contributed by atoms with Gasteiger partial charge in [0.2, 0.25) is 0 Å². The van der Waals surface area contributed by atoms with Gasteiger partial charge in [0.05, 0.1) is 23.8 Å². The predicted octanol–water partition coefficient (Wildman–Crippen LogP) is 2.04. The van der Waals surface area contributed by atoms with Crippen molar-refractivity contribution < 1.29 is 24.0 Å². The van der Waals surface area contributed by atoms with Crippen LogP contribution in [0.3, 0.4) is 0 Å². The van der Waals surface area contributed by atoms with Gasteiger partial charge in [-0.25, -0.2) is 4.39 Å². The van der Waals surface area contributed by atoms with Gasteiger partial charge in [-0.3, -0.25) is 14.9 Å². The lowest BCUT2D eigenvalue weighted by Gasteiger charge is -2.23. The fraction of sp³-hybridized carbons (Fsp3) is 0.417. The molecule has 0 unspecified atom stereocenters. The number of ether oxygens (including phenoxy) is 1. The molecule has 0 aliphatic heterocycles. The van der Waals surface area contributed by atoms with E-state index >= 15 is 0 Å². The molecule has 8 heteroatoms. The van der Waals surface area contributed by atoms with E-state index in [4.69, 9.17) is 9.84 Å². The van der Waals surface area contributed by atoms with E-state index in [2.05, 4.69) is 0 Å². The molecule has 0 fully saturated rings. The molecule has 0 heterocycles. The molecule has 0 spiro atoms. The lowest BCUT2D eigenvalue weighted by Crippen LogP contribution is -2.31. The molecule has 0 radical (unpaired) electrons. The summed E-state index contributed by atoms with van der Waals surface area (Å²) >= 11 is 0. The number of carboxylic acid groups (broad SMARTS) is 1. The van der Waals surface area contributed by atoms with Gasteiger partial charge in [-0.2, -0.15) is 0 Å². The third-order valence-corrected chi connectivity index (χ3v) is 2.61. The summed E-state index contributed by atoms with van der Waals surface area (Å²) in [6, 6.07) is 1.88. The Kier molecular flexibility index (Phi) is 5.24. The van der Waals surface area contributed by atoms with Crippen molar-refractivity contribution in [3.8, 4) is 5.75 Å². The number of nitrogens with zero attached hydrogens (tertiary/aromatic N) is 2. The van der Waals surface area contributed by atoms with Gasteiger partial charge in [-0.15, -0.1) is 0 Å². The Labute approximate surface area is 114 Å². The summed E-state index contributed by atoms with van der Waals surface area (Å²) in [5, 5.41) is 19.6. The number of rotatable bonds is 7. The maximum absolute atomic E-state index is 14.0. The zero-order valence-corrected chi connectivity index (χ0v) is 11.1. The number of hydrogen-bond acceptors (Lipinski definition) is 5. The Morgan fingerprint density at radius 1 is 1.55 bits per heavy atom. The fourth-order valence-corrected chi connectivity index (χ4v) is 1.80. The van der Waals surface area contributed by atoms with Crippen molar-refractivity contribution in [2.75, 3.05) is 25.1 Å². The SMILES string of the molecule is CCCN(CC(=O)O)c1cc(OC)c([N+](=O)[O-])cc1F. The zero-order valence-electron chi connectivity index (χ0n) is 11.1. The van der Waals surface area contributed by atoms with Gasteiger partial charge in [0.1, 0.15) is 6.54 Å². The molecule has 0 bridgehead atoms. The number of halogens is 1. The second-order valence-electron chi connectivity index (χ2n) is 4.05. The predicted molar refractivity (Wildman–Crippen MR) is 69.7 cm³/mol. The molecule has 110 valence electrons. The van der Waals surface area contributed by atoms with Crippen LogP contribution in [0.5, 0.6) is 5.75 Å². The lowest BCUT2D eigenvalue weighted by molar-refractivity contribution is -0.385. The molecule has 1 aromatic rings. The van der Waals surface area contributed by atoms with Crippen LogP contribution in [-0.4, -0.2) is 36.2 Å². The highest BCUT2D eigenvalue weighted by Gasteiger charge is 2.22. The number of carbonyl (C=O) groups is 1. The molecule has 0 saturated heterocycles. The van der Waals surface area contributed by atoms with Crippen molar-refractivity contribution in [1.82, 2.24) is 0 Å². The molecular weight excluding hydrogens is 271 g/mol. The Morgan fingerprint density at radius 3 is 2.65 bits per heavy atom. The van der Waals surface area contributed by atoms with Crippen molar-refractivity contribution >= 4 is 17.3 Å². The topological polar surface area (TPSA) is 92.9 Å². The first kappa shape index (κ1) is 15.7. The highest BCUT2D eigenvalue weighted by Crippen LogP contribution is 2.34. The van der Waals surface area contributed by atoms with Crippen LogP contribution in [-0.2, 0) is 4.79 Å². The summed E-state index contributed by atoms with van der Waals surface area (Å²) in [7, 11) is 1.23. The van der Waals surface area contributed by atoms with Crippen molar-refractivity contribution in [1.29, 1.82) is 0 Å². The number of carboxylic acids is 1. The molecular formula is C12H15FN2O5. The Morgan fingerprint density at radius 2 is 2.20 bits per heavy atom. The quantitative estimate of drug-likeness (QED) is 0.609. The average molecular weight is 286 g/mol. The average Bonchev–Trinajstić information content (AvgIpc) is 2.37. The molecule has 20 heavy (non-hydrogen) atoms.